The minimum atomic E-state index is -4.13. The third-order valence-corrected chi connectivity index (χ3v) is 5.59. The second kappa shape index (κ2) is 5.96. The molecule has 5 atom stereocenters. The first-order valence-corrected chi connectivity index (χ1v) is 9.67. The quantitative estimate of drug-likeness (QED) is 0.721. The second-order valence-corrected chi connectivity index (χ2v) is 8.82. The molecule has 0 amide bonds. The summed E-state index contributed by atoms with van der Waals surface area (Å²) in [6, 6.07) is 0. The Bertz CT molecular complexity index is 763. The summed E-state index contributed by atoms with van der Waals surface area (Å²) in [6.45, 7) is 7.24. The molecular weight excluding hydrogens is 368 g/mol. The van der Waals surface area contributed by atoms with Crippen LogP contribution in [0.4, 0.5) is 0 Å². The minimum Gasteiger partial charge on any atom is -0.348 e. The first-order valence-electron chi connectivity index (χ1n) is 8.31. The van der Waals surface area contributed by atoms with E-state index in [2.05, 4.69) is 4.98 Å². The van der Waals surface area contributed by atoms with Gasteiger partial charge in [-0.1, -0.05) is 0 Å². The molecule has 3 aliphatic heterocycles. The van der Waals surface area contributed by atoms with Crippen LogP contribution >= 0.6 is 0 Å². The highest BCUT2D eigenvalue weighted by molar-refractivity contribution is 7.85. The van der Waals surface area contributed by atoms with Crippen molar-refractivity contribution in [1.82, 2.24) is 8.96 Å². The monoisotopic (exact) mass is 390 g/mol. The Hall–Kier alpha value is -1.08. The van der Waals surface area contributed by atoms with Gasteiger partial charge in [0.05, 0.1) is 6.61 Å². The maximum absolute atomic E-state index is 12.6. The molecule has 1 unspecified atom stereocenters. The van der Waals surface area contributed by atoms with Gasteiger partial charge in [-0.15, -0.1) is 0 Å². The second-order valence-electron chi connectivity index (χ2n) is 7.35. The molecule has 1 aromatic rings. The zero-order valence-corrected chi connectivity index (χ0v) is 15.7. The standard InChI is InChI=1S/C15H22N2O8S/c1-14(2)20-7-9(22-14)10-11(12-13(21-10)24-15(3,4)23-12)25-26(18,19)17-6-5-16-8-17/h5-6,8-13H,7H2,1-4H3/t9-,10+,11?,12+,13+/m0/s1. The number of ether oxygens (including phenoxy) is 5. The number of hydrogen-bond donors (Lipinski definition) is 0. The van der Waals surface area contributed by atoms with Crippen LogP contribution in [0.1, 0.15) is 27.7 Å². The van der Waals surface area contributed by atoms with Gasteiger partial charge in [-0.2, -0.15) is 8.42 Å². The molecule has 3 saturated heterocycles. The Labute approximate surface area is 151 Å². The van der Waals surface area contributed by atoms with E-state index in [0.717, 1.165) is 10.3 Å². The van der Waals surface area contributed by atoms with Crippen LogP contribution in [0.15, 0.2) is 18.7 Å². The van der Waals surface area contributed by atoms with Crippen LogP contribution in [-0.4, -0.2) is 66.3 Å². The van der Waals surface area contributed by atoms with Crippen molar-refractivity contribution in [2.75, 3.05) is 6.61 Å². The zero-order chi connectivity index (χ0) is 18.7. The van der Waals surface area contributed by atoms with E-state index >= 15 is 0 Å². The Balaban J connectivity index is 1.60. The van der Waals surface area contributed by atoms with Crippen molar-refractivity contribution in [2.24, 2.45) is 0 Å². The number of imidazole rings is 1. The molecule has 11 heteroatoms. The lowest BCUT2D eigenvalue weighted by Crippen LogP contribution is -2.45. The average molecular weight is 390 g/mol. The Morgan fingerprint density at radius 1 is 1.12 bits per heavy atom. The SMILES string of the molecule is CC1(C)OC[C@@H]([C@H]2O[C@@H]3OC(C)(C)O[C@@H]3C2OS(=O)(=O)n2ccnc2)O1. The summed E-state index contributed by atoms with van der Waals surface area (Å²) in [4.78, 5) is 3.74. The van der Waals surface area contributed by atoms with E-state index in [0.29, 0.717) is 0 Å². The summed E-state index contributed by atoms with van der Waals surface area (Å²) in [7, 11) is -4.13. The molecule has 0 spiro atoms. The normalized spacial score (nSPS) is 38.5. The summed E-state index contributed by atoms with van der Waals surface area (Å²) in [5.41, 5.74) is 0. The van der Waals surface area contributed by atoms with Gasteiger partial charge in [0.25, 0.3) is 0 Å². The molecule has 0 saturated carbocycles. The molecule has 26 heavy (non-hydrogen) atoms. The van der Waals surface area contributed by atoms with Crippen molar-refractivity contribution in [1.29, 1.82) is 0 Å². The lowest BCUT2D eigenvalue weighted by atomic mass is 10.1. The predicted octanol–water partition coefficient (Wildman–Crippen LogP) is 0.389. The summed E-state index contributed by atoms with van der Waals surface area (Å²) in [5.74, 6) is -1.70. The van der Waals surface area contributed by atoms with Gasteiger partial charge in [-0.05, 0) is 27.7 Å². The molecule has 3 fully saturated rings. The fourth-order valence-corrected chi connectivity index (χ4v) is 4.33. The molecule has 0 aliphatic carbocycles. The fraction of sp³-hybridized carbons (Fsp3) is 0.800. The topological polar surface area (TPSA) is 107 Å². The maximum atomic E-state index is 12.6. The highest BCUT2D eigenvalue weighted by Gasteiger charge is 2.60. The van der Waals surface area contributed by atoms with Gasteiger partial charge >= 0.3 is 10.3 Å². The Morgan fingerprint density at radius 2 is 1.88 bits per heavy atom. The largest absolute Gasteiger partial charge is 0.367 e. The van der Waals surface area contributed by atoms with E-state index < -0.39 is 52.6 Å². The zero-order valence-electron chi connectivity index (χ0n) is 14.9. The van der Waals surface area contributed by atoms with Crippen molar-refractivity contribution in [3.8, 4) is 0 Å². The molecule has 0 N–H and O–H groups in total. The third kappa shape index (κ3) is 3.28. The average Bonchev–Trinajstić information content (AvgIpc) is 3.24. The first kappa shape index (κ1) is 18.3. The summed E-state index contributed by atoms with van der Waals surface area (Å²) in [6.07, 6.45) is 0.0800. The molecule has 0 radical (unpaired) electrons. The van der Waals surface area contributed by atoms with Crippen LogP contribution in [0.3, 0.4) is 0 Å². The van der Waals surface area contributed by atoms with E-state index in [1.165, 1.54) is 12.4 Å². The lowest BCUT2D eigenvalue weighted by molar-refractivity contribution is -0.230. The third-order valence-electron chi connectivity index (χ3n) is 4.39. The highest BCUT2D eigenvalue weighted by Crippen LogP contribution is 2.42. The number of rotatable bonds is 4. The summed E-state index contributed by atoms with van der Waals surface area (Å²) < 4.78 is 60.3. The van der Waals surface area contributed by atoms with Crippen LogP contribution in [0, 0.1) is 0 Å². The van der Waals surface area contributed by atoms with Gasteiger partial charge in [0, 0.05) is 12.4 Å². The van der Waals surface area contributed by atoms with Gasteiger partial charge in [0.15, 0.2) is 17.9 Å². The molecule has 1 aromatic heterocycles. The van der Waals surface area contributed by atoms with E-state index in [1.54, 1.807) is 27.7 Å². The van der Waals surface area contributed by atoms with Crippen molar-refractivity contribution < 1.29 is 36.3 Å². The Morgan fingerprint density at radius 3 is 2.50 bits per heavy atom. The van der Waals surface area contributed by atoms with E-state index in [4.69, 9.17) is 27.9 Å². The number of nitrogens with zero attached hydrogens (tertiary/aromatic N) is 2. The van der Waals surface area contributed by atoms with E-state index in [9.17, 15) is 8.42 Å². The van der Waals surface area contributed by atoms with Crippen LogP contribution < -0.4 is 0 Å². The van der Waals surface area contributed by atoms with E-state index in [-0.39, 0.29) is 6.61 Å². The number of aromatic nitrogens is 2. The fourth-order valence-electron chi connectivity index (χ4n) is 3.36. The first-order chi connectivity index (χ1) is 12.1. The molecular formula is C15H22N2O8S. The van der Waals surface area contributed by atoms with Crippen LogP contribution in [0.5, 0.6) is 0 Å². The highest BCUT2D eigenvalue weighted by atomic mass is 32.2. The van der Waals surface area contributed by atoms with Gasteiger partial charge in [-0.25, -0.2) is 13.1 Å². The lowest BCUT2D eigenvalue weighted by Gasteiger charge is -2.28. The predicted molar refractivity (Wildman–Crippen MR) is 85.0 cm³/mol. The van der Waals surface area contributed by atoms with Crippen molar-refractivity contribution in [3.63, 3.8) is 0 Å². The molecule has 4 rings (SSSR count). The summed E-state index contributed by atoms with van der Waals surface area (Å²) >= 11 is 0. The van der Waals surface area contributed by atoms with Gasteiger partial charge < -0.3 is 23.7 Å². The van der Waals surface area contributed by atoms with E-state index in [1.807, 2.05) is 0 Å². The molecule has 4 heterocycles. The Kier molecular flexibility index (Phi) is 4.19. The maximum Gasteiger partial charge on any atom is 0.367 e. The van der Waals surface area contributed by atoms with Crippen LogP contribution in [-0.2, 0) is 38.2 Å². The molecule has 0 aromatic carbocycles. The van der Waals surface area contributed by atoms with Gasteiger partial charge in [-0.3, -0.25) is 0 Å². The molecule has 0 bridgehead atoms. The molecule has 10 nitrogen and oxygen atoms in total. The smallest absolute Gasteiger partial charge is 0.348 e. The molecule has 146 valence electrons. The van der Waals surface area contributed by atoms with Crippen molar-refractivity contribution in [3.05, 3.63) is 18.7 Å². The van der Waals surface area contributed by atoms with Gasteiger partial charge in [0.2, 0.25) is 0 Å². The van der Waals surface area contributed by atoms with Crippen molar-refractivity contribution in [2.45, 2.75) is 70.0 Å². The van der Waals surface area contributed by atoms with Crippen LogP contribution in [0.2, 0.25) is 0 Å². The van der Waals surface area contributed by atoms with Crippen LogP contribution in [0.25, 0.3) is 0 Å². The minimum absolute atomic E-state index is 0.242. The van der Waals surface area contributed by atoms with Crippen molar-refractivity contribution >= 4 is 10.3 Å². The number of hydrogen-bond acceptors (Lipinski definition) is 9. The summed E-state index contributed by atoms with van der Waals surface area (Å²) in [5, 5.41) is 0. The van der Waals surface area contributed by atoms with Gasteiger partial charge in [0.1, 0.15) is 30.7 Å². The number of fused-ring (bicyclic) bond motifs is 1. The molecule has 3 aliphatic rings.